The first-order valence-electron chi connectivity index (χ1n) is 6.30. The van der Waals surface area contributed by atoms with E-state index in [1.165, 1.54) is 22.6 Å². The van der Waals surface area contributed by atoms with Crippen molar-refractivity contribution in [1.29, 1.82) is 0 Å². The van der Waals surface area contributed by atoms with Gasteiger partial charge in [-0.05, 0) is 33.0 Å². The lowest BCUT2D eigenvalue weighted by molar-refractivity contribution is 0.290. The van der Waals surface area contributed by atoms with E-state index in [9.17, 15) is 13.2 Å². The molecule has 2 rings (SSSR count). The standard InChI is InChI=1S/C12H19N3O3S/c1-10-9-14(2)6-3-7-15(10)19(17,18)11-4-5-12(16)13-8-11/h4-5,8,10H,3,6-7,9H2,1-2H3,(H,13,16). The first kappa shape index (κ1) is 14.2. The molecule has 1 aliphatic rings. The molecule has 6 nitrogen and oxygen atoms in total. The van der Waals surface area contributed by atoms with Crippen molar-refractivity contribution < 1.29 is 8.42 Å². The van der Waals surface area contributed by atoms with Crippen molar-refractivity contribution in [3.05, 3.63) is 28.7 Å². The summed E-state index contributed by atoms with van der Waals surface area (Å²) >= 11 is 0. The Morgan fingerprint density at radius 3 is 2.68 bits per heavy atom. The fraction of sp³-hybridized carbons (Fsp3) is 0.583. The first-order valence-corrected chi connectivity index (χ1v) is 7.74. The molecule has 1 N–H and O–H groups in total. The van der Waals surface area contributed by atoms with Gasteiger partial charge < -0.3 is 9.88 Å². The van der Waals surface area contributed by atoms with E-state index in [1.807, 2.05) is 14.0 Å². The zero-order valence-corrected chi connectivity index (χ0v) is 12.0. The smallest absolute Gasteiger partial charge is 0.247 e. The summed E-state index contributed by atoms with van der Waals surface area (Å²) in [6.45, 7) is 4.02. The van der Waals surface area contributed by atoms with E-state index in [4.69, 9.17) is 0 Å². The Kier molecular flexibility index (Phi) is 4.07. The minimum atomic E-state index is -3.54. The highest BCUT2D eigenvalue weighted by Gasteiger charge is 2.31. The van der Waals surface area contributed by atoms with Crippen molar-refractivity contribution in [3.63, 3.8) is 0 Å². The summed E-state index contributed by atoms with van der Waals surface area (Å²) in [5.74, 6) is 0. The van der Waals surface area contributed by atoms with Gasteiger partial charge in [-0.3, -0.25) is 4.79 Å². The van der Waals surface area contributed by atoms with Crippen LogP contribution in [0.3, 0.4) is 0 Å². The second kappa shape index (κ2) is 5.44. The first-order chi connectivity index (χ1) is 8.91. The number of H-pyrrole nitrogens is 1. The summed E-state index contributed by atoms with van der Waals surface area (Å²) in [6, 6.07) is 2.52. The van der Waals surface area contributed by atoms with Crippen molar-refractivity contribution in [1.82, 2.24) is 14.2 Å². The third-order valence-corrected chi connectivity index (χ3v) is 5.36. The summed E-state index contributed by atoms with van der Waals surface area (Å²) in [5.41, 5.74) is -0.303. The predicted octanol–water partition coefficient (Wildman–Crippen LogP) is 0.0896. The van der Waals surface area contributed by atoms with E-state index in [1.54, 1.807) is 0 Å². The molecule has 0 aliphatic carbocycles. The van der Waals surface area contributed by atoms with E-state index in [-0.39, 0.29) is 16.5 Å². The summed E-state index contributed by atoms with van der Waals surface area (Å²) < 4.78 is 26.6. The largest absolute Gasteiger partial charge is 0.328 e. The molecular formula is C12H19N3O3S. The van der Waals surface area contributed by atoms with Gasteiger partial charge in [0.15, 0.2) is 0 Å². The van der Waals surface area contributed by atoms with E-state index in [0.29, 0.717) is 13.1 Å². The fourth-order valence-corrected chi connectivity index (χ4v) is 4.03. The Morgan fingerprint density at radius 2 is 2.05 bits per heavy atom. The minimum Gasteiger partial charge on any atom is -0.328 e. The second-order valence-corrected chi connectivity index (χ2v) is 6.86. The van der Waals surface area contributed by atoms with Crippen molar-refractivity contribution >= 4 is 10.0 Å². The Balaban J connectivity index is 2.32. The summed E-state index contributed by atoms with van der Waals surface area (Å²) in [7, 11) is -1.55. The lowest BCUT2D eigenvalue weighted by Gasteiger charge is -2.27. The lowest BCUT2D eigenvalue weighted by Crippen LogP contribution is -2.42. The summed E-state index contributed by atoms with van der Waals surface area (Å²) in [6.07, 6.45) is 2.07. The van der Waals surface area contributed by atoms with Crippen LogP contribution in [0.5, 0.6) is 0 Å². The number of aromatic nitrogens is 1. The number of sulfonamides is 1. The average molecular weight is 285 g/mol. The number of pyridine rings is 1. The zero-order chi connectivity index (χ0) is 14.0. The highest BCUT2D eigenvalue weighted by molar-refractivity contribution is 7.89. The monoisotopic (exact) mass is 285 g/mol. The fourth-order valence-electron chi connectivity index (χ4n) is 2.40. The molecule has 19 heavy (non-hydrogen) atoms. The third kappa shape index (κ3) is 3.05. The van der Waals surface area contributed by atoms with Crippen molar-refractivity contribution in [2.45, 2.75) is 24.3 Å². The molecule has 0 spiro atoms. The molecule has 1 unspecified atom stereocenters. The molecule has 0 saturated carbocycles. The molecule has 1 aliphatic heterocycles. The van der Waals surface area contributed by atoms with E-state index < -0.39 is 10.0 Å². The Labute approximate surface area is 113 Å². The number of hydrogen-bond acceptors (Lipinski definition) is 4. The lowest BCUT2D eigenvalue weighted by atomic mass is 10.3. The van der Waals surface area contributed by atoms with Crippen LogP contribution in [0.15, 0.2) is 28.0 Å². The van der Waals surface area contributed by atoms with Gasteiger partial charge in [-0.1, -0.05) is 0 Å². The molecule has 1 aromatic heterocycles. The Morgan fingerprint density at radius 1 is 1.32 bits per heavy atom. The highest BCUT2D eigenvalue weighted by Crippen LogP contribution is 2.19. The predicted molar refractivity (Wildman–Crippen MR) is 72.5 cm³/mol. The quantitative estimate of drug-likeness (QED) is 0.836. The molecule has 1 atom stereocenters. The number of rotatable bonds is 2. The van der Waals surface area contributed by atoms with Gasteiger partial charge in [0.2, 0.25) is 15.6 Å². The molecule has 7 heteroatoms. The highest BCUT2D eigenvalue weighted by atomic mass is 32.2. The maximum absolute atomic E-state index is 12.6. The van der Waals surface area contributed by atoms with Crippen molar-refractivity contribution in [3.8, 4) is 0 Å². The third-order valence-electron chi connectivity index (χ3n) is 3.35. The van der Waals surface area contributed by atoms with Crippen LogP contribution in [-0.4, -0.2) is 55.3 Å². The Hall–Kier alpha value is -1.18. The maximum atomic E-state index is 12.6. The van der Waals surface area contributed by atoms with Crippen LogP contribution >= 0.6 is 0 Å². The van der Waals surface area contributed by atoms with Gasteiger partial charge in [-0.2, -0.15) is 4.31 Å². The normalized spacial score (nSPS) is 23.2. The van der Waals surface area contributed by atoms with Gasteiger partial charge in [-0.25, -0.2) is 8.42 Å². The SMILES string of the molecule is CC1CN(C)CCCN1S(=O)(=O)c1ccc(=O)[nH]c1. The van der Waals surface area contributed by atoms with E-state index >= 15 is 0 Å². The molecule has 0 radical (unpaired) electrons. The Bertz CT molecular complexity index is 576. The number of nitrogens with one attached hydrogen (secondary N) is 1. The molecule has 1 fully saturated rings. The van der Waals surface area contributed by atoms with Gasteiger partial charge in [0.25, 0.3) is 0 Å². The van der Waals surface area contributed by atoms with Gasteiger partial charge in [0.05, 0.1) is 4.90 Å². The maximum Gasteiger partial charge on any atom is 0.247 e. The molecule has 2 heterocycles. The number of nitrogens with zero attached hydrogens (tertiary/aromatic N) is 2. The molecule has 1 aromatic rings. The molecule has 1 saturated heterocycles. The zero-order valence-electron chi connectivity index (χ0n) is 11.2. The van der Waals surface area contributed by atoms with Crippen LogP contribution in [0.2, 0.25) is 0 Å². The molecular weight excluding hydrogens is 266 g/mol. The van der Waals surface area contributed by atoms with Crippen molar-refractivity contribution in [2.75, 3.05) is 26.7 Å². The number of likely N-dealkylation sites (N-methyl/N-ethyl adjacent to an activating group) is 1. The number of aromatic amines is 1. The molecule has 0 aromatic carbocycles. The molecule has 106 valence electrons. The van der Waals surface area contributed by atoms with Crippen molar-refractivity contribution in [2.24, 2.45) is 0 Å². The van der Waals surface area contributed by atoms with Crippen LogP contribution in [0.4, 0.5) is 0 Å². The van der Waals surface area contributed by atoms with Gasteiger partial charge >= 0.3 is 0 Å². The van der Waals surface area contributed by atoms with Crippen LogP contribution in [0.25, 0.3) is 0 Å². The minimum absolute atomic E-state index is 0.0792. The second-order valence-electron chi connectivity index (χ2n) is 4.97. The summed E-state index contributed by atoms with van der Waals surface area (Å²) in [5, 5.41) is 0. The molecule has 0 amide bonds. The van der Waals surface area contributed by atoms with E-state index in [0.717, 1.165) is 13.0 Å². The van der Waals surface area contributed by atoms with E-state index in [2.05, 4.69) is 9.88 Å². The van der Waals surface area contributed by atoms with Crippen LogP contribution in [0.1, 0.15) is 13.3 Å². The number of hydrogen-bond donors (Lipinski definition) is 1. The van der Waals surface area contributed by atoms with Gasteiger partial charge in [0, 0.05) is 31.4 Å². The van der Waals surface area contributed by atoms with Gasteiger partial charge in [0.1, 0.15) is 0 Å². The van der Waals surface area contributed by atoms with Crippen LogP contribution in [-0.2, 0) is 10.0 Å². The topological polar surface area (TPSA) is 73.5 Å². The molecule has 0 bridgehead atoms. The van der Waals surface area contributed by atoms with Gasteiger partial charge in [-0.15, -0.1) is 0 Å². The summed E-state index contributed by atoms with van der Waals surface area (Å²) in [4.78, 5) is 15.7. The van der Waals surface area contributed by atoms with Crippen LogP contribution < -0.4 is 5.56 Å². The van der Waals surface area contributed by atoms with Crippen LogP contribution in [0, 0.1) is 0 Å². The average Bonchev–Trinajstić information content (AvgIpc) is 2.50.